The Bertz CT molecular complexity index is 1150. The van der Waals surface area contributed by atoms with Crippen LogP contribution < -0.4 is 0 Å². The molecule has 0 radical (unpaired) electrons. The molecule has 3 aromatic rings. The summed E-state index contributed by atoms with van der Waals surface area (Å²) in [5, 5.41) is 9.55. The number of terminal acetylenes is 1. The van der Waals surface area contributed by atoms with Gasteiger partial charge in [-0.15, -0.1) is 6.42 Å². The second-order valence-electron chi connectivity index (χ2n) is 6.50. The predicted octanol–water partition coefficient (Wildman–Crippen LogP) is 3.77. The van der Waals surface area contributed by atoms with Gasteiger partial charge in [0.2, 0.25) is 0 Å². The van der Waals surface area contributed by atoms with Gasteiger partial charge in [0.05, 0.1) is 23.1 Å². The molecule has 5 heteroatoms. The third-order valence-electron chi connectivity index (χ3n) is 4.80. The fourth-order valence-corrected chi connectivity index (χ4v) is 3.52. The summed E-state index contributed by atoms with van der Waals surface area (Å²) in [7, 11) is 0. The Balaban J connectivity index is 2.08. The summed E-state index contributed by atoms with van der Waals surface area (Å²) >= 11 is 0. The minimum atomic E-state index is -1.06. The number of hydrogen-bond acceptors (Lipinski definition) is 3. The monoisotopic (exact) mass is 355 g/mol. The van der Waals surface area contributed by atoms with Crippen LogP contribution in [0.3, 0.4) is 0 Å². The minimum Gasteiger partial charge on any atom is -0.476 e. The maximum atomic E-state index is 11.7. The van der Waals surface area contributed by atoms with Crippen molar-refractivity contribution in [1.82, 2.24) is 9.55 Å². The first kappa shape index (κ1) is 16.8. The Morgan fingerprint density at radius 2 is 2.00 bits per heavy atom. The number of aromatic nitrogens is 2. The van der Waals surface area contributed by atoms with Crippen molar-refractivity contribution in [3.05, 3.63) is 82.4 Å². The summed E-state index contributed by atoms with van der Waals surface area (Å²) in [6.45, 7) is 3.91. The van der Waals surface area contributed by atoms with Crippen LogP contribution in [0.4, 0.5) is 0 Å². The van der Waals surface area contributed by atoms with Crippen molar-refractivity contribution in [2.45, 2.75) is 19.9 Å². The zero-order chi connectivity index (χ0) is 19.1. The summed E-state index contributed by atoms with van der Waals surface area (Å²) in [5.74, 6) is 1.61. The molecule has 0 saturated heterocycles. The second kappa shape index (κ2) is 6.26. The van der Waals surface area contributed by atoms with Gasteiger partial charge >= 0.3 is 5.97 Å². The van der Waals surface area contributed by atoms with Gasteiger partial charge in [0.1, 0.15) is 6.33 Å². The average molecular weight is 355 g/mol. The molecule has 1 N–H and O–H groups in total. The van der Waals surface area contributed by atoms with Crippen molar-refractivity contribution in [3.63, 3.8) is 0 Å². The molecule has 0 saturated carbocycles. The third-order valence-corrected chi connectivity index (χ3v) is 4.80. The molecule has 0 fully saturated rings. The first-order valence-corrected chi connectivity index (χ1v) is 8.57. The third kappa shape index (κ3) is 2.63. The Hall–Kier alpha value is -3.65. The number of hydrogen-bond donors (Lipinski definition) is 1. The molecule has 27 heavy (non-hydrogen) atoms. The van der Waals surface area contributed by atoms with Crippen molar-refractivity contribution in [3.8, 4) is 18.0 Å². The van der Waals surface area contributed by atoms with Crippen LogP contribution >= 0.6 is 0 Å². The van der Waals surface area contributed by atoms with E-state index in [0.717, 1.165) is 33.7 Å². The van der Waals surface area contributed by atoms with Crippen LogP contribution in [0, 0.1) is 19.3 Å². The van der Waals surface area contributed by atoms with Gasteiger partial charge in [0, 0.05) is 16.7 Å². The van der Waals surface area contributed by atoms with Crippen molar-refractivity contribution in [2.24, 2.45) is 4.99 Å². The fourth-order valence-electron chi connectivity index (χ4n) is 3.52. The lowest BCUT2D eigenvalue weighted by atomic mass is 9.95. The van der Waals surface area contributed by atoms with Gasteiger partial charge in [0.15, 0.2) is 5.69 Å². The molecule has 1 aromatic heterocycles. The lowest BCUT2D eigenvalue weighted by Crippen LogP contribution is -2.09. The Labute approximate surface area is 157 Å². The molecule has 132 valence electrons. The van der Waals surface area contributed by atoms with E-state index in [1.165, 1.54) is 0 Å². The van der Waals surface area contributed by atoms with E-state index in [1.54, 1.807) is 10.9 Å². The number of aliphatic imine (C=N–C) groups is 1. The summed E-state index contributed by atoms with van der Waals surface area (Å²) in [5.41, 5.74) is 5.87. The van der Waals surface area contributed by atoms with E-state index in [-0.39, 0.29) is 11.7 Å². The Morgan fingerprint density at radius 3 is 2.70 bits per heavy atom. The quantitative estimate of drug-likeness (QED) is 0.712. The molecule has 2 heterocycles. The number of imidazole rings is 1. The lowest BCUT2D eigenvalue weighted by molar-refractivity contribution is 0.0689. The van der Waals surface area contributed by atoms with Crippen LogP contribution in [0.1, 0.15) is 51.4 Å². The zero-order valence-corrected chi connectivity index (χ0v) is 15.0. The van der Waals surface area contributed by atoms with Crippen molar-refractivity contribution < 1.29 is 9.90 Å². The van der Waals surface area contributed by atoms with E-state index in [1.807, 2.05) is 56.3 Å². The molecule has 1 aliphatic heterocycles. The van der Waals surface area contributed by atoms with E-state index < -0.39 is 5.97 Å². The van der Waals surface area contributed by atoms with E-state index >= 15 is 0 Å². The normalized spacial score (nSPS) is 15.1. The van der Waals surface area contributed by atoms with Gasteiger partial charge in [-0.25, -0.2) is 9.78 Å². The van der Waals surface area contributed by atoms with Gasteiger partial charge in [-0.05, 0) is 37.6 Å². The van der Waals surface area contributed by atoms with Crippen LogP contribution in [0.2, 0.25) is 0 Å². The molecule has 4 rings (SSSR count). The topological polar surface area (TPSA) is 67.5 Å². The highest BCUT2D eigenvalue weighted by molar-refractivity contribution is 6.16. The molecule has 2 aromatic carbocycles. The number of carboxylic acid groups (broad SMARTS) is 1. The highest BCUT2D eigenvalue weighted by atomic mass is 16.4. The largest absolute Gasteiger partial charge is 0.476 e. The number of benzene rings is 2. The van der Waals surface area contributed by atoms with Gasteiger partial charge in [0.25, 0.3) is 0 Å². The maximum absolute atomic E-state index is 11.7. The molecular formula is C22H17N3O2. The van der Waals surface area contributed by atoms with E-state index in [9.17, 15) is 9.90 Å². The molecule has 0 spiro atoms. The molecular weight excluding hydrogens is 338 g/mol. The second-order valence-corrected chi connectivity index (χ2v) is 6.50. The van der Waals surface area contributed by atoms with Gasteiger partial charge in [-0.1, -0.05) is 30.2 Å². The molecule has 0 aliphatic carbocycles. The van der Waals surface area contributed by atoms with Crippen molar-refractivity contribution in [1.29, 1.82) is 0 Å². The number of aromatic carboxylic acids is 1. The maximum Gasteiger partial charge on any atom is 0.356 e. The number of aryl methyl sites for hydroxylation is 1. The molecule has 0 bridgehead atoms. The van der Waals surface area contributed by atoms with Crippen molar-refractivity contribution >= 4 is 11.7 Å². The van der Waals surface area contributed by atoms with Gasteiger partial charge in [-0.3, -0.25) is 9.56 Å². The fraction of sp³-hybridized carbons (Fsp3) is 0.136. The summed E-state index contributed by atoms with van der Waals surface area (Å²) in [6.07, 6.45) is 7.16. The van der Waals surface area contributed by atoms with Gasteiger partial charge in [-0.2, -0.15) is 0 Å². The van der Waals surface area contributed by atoms with Crippen LogP contribution in [-0.2, 0) is 0 Å². The van der Waals surface area contributed by atoms with E-state index in [2.05, 4.69) is 10.9 Å². The molecule has 5 nitrogen and oxygen atoms in total. The van der Waals surface area contributed by atoms with Crippen LogP contribution in [0.15, 0.2) is 53.8 Å². The number of carboxylic acids is 1. The van der Waals surface area contributed by atoms with E-state index in [4.69, 9.17) is 11.4 Å². The Morgan fingerprint density at radius 1 is 1.22 bits per heavy atom. The van der Waals surface area contributed by atoms with Crippen molar-refractivity contribution in [2.75, 3.05) is 0 Å². The molecule has 1 aliphatic rings. The molecule has 0 amide bonds. The highest BCUT2D eigenvalue weighted by Crippen LogP contribution is 2.33. The summed E-state index contributed by atoms with van der Waals surface area (Å²) < 4.78 is 1.80. The minimum absolute atomic E-state index is 0.0178. The SMILES string of the molecule is C#Cc1ccc2c(c1)C(c1ccccc1C)=N[C@H](C)c1c(C(=O)O)ncn1-2. The van der Waals surface area contributed by atoms with Crippen LogP contribution in [0.25, 0.3) is 5.69 Å². The first-order chi connectivity index (χ1) is 13.0. The summed E-state index contributed by atoms with van der Waals surface area (Å²) in [6, 6.07) is 13.3. The van der Waals surface area contributed by atoms with Crippen LogP contribution in [0.5, 0.6) is 0 Å². The lowest BCUT2D eigenvalue weighted by Gasteiger charge is -2.13. The number of fused-ring (bicyclic) bond motifs is 3. The number of carbonyl (C=O) groups is 1. The average Bonchev–Trinajstić information content (AvgIpc) is 3.07. The first-order valence-electron chi connectivity index (χ1n) is 8.57. The zero-order valence-electron chi connectivity index (χ0n) is 15.0. The standard InChI is InChI=1S/C22H17N3O2/c1-4-15-9-10-18-17(11-15)19(16-8-6-5-7-13(16)2)24-14(3)21-20(22(26)27)23-12-25(18)21/h1,5-12,14H,2-3H3,(H,26,27)/t14-/m1/s1. The highest BCUT2D eigenvalue weighted by Gasteiger charge is 2.28. The van der Waals surface area contributed by atoms with Crippen LogP contribution in [-0.4, -0.2) is 26.3 Å². The number of rotatable bonds is 2. The summed E-state index contributed by atoms with van der Waals surface area (Å²) in [4.78, 5) is 20.7. The predicted molar refractivity (Wildman–Crippen MR) is 104 cm³/mol. The Kier molecular flexibility index (Phi) is 3.89. The molecule has 0 unspecified atom stereocenters. The number of nitrogens with zero attached hydrogens (tertiary/aromatic N) is 3. The smallest absolute Gasteiger partial charge is 0.356 e. The molecule has 1 atom stereocenters. The van der Waals surface area contributed by atoms with Gasteiger partial charge < -0.3 is 5.11 Å². The van der Waals surface area contributed by atoms with E-state index in [0.29, 0.717) is 5.69 Å².